The van der Waals surface area contributed by atoms with Crippen LogP contribution in [0.15, 0.2) is 42.5 Å². The largest absolute Gasteiger partial charge is 0.482 e. The number of fused-ring (bicyclic) bond motifs is 1. The maximum Gasteiger partial charge on any atom is 0.262 e. The number of ether oxygens (including phenoxy) is 1. The highest BCUT2D eigenvalue weighted by atomic mass is 16.5. The van der Waals surface area contributed by atoms with E-state index in [2.05, 4.69) is 28.4 Å². The maximum absolute atomic E-state index is 13.0. The van der Waals surface area contributed by atoms with Gasteiger partial charge in [-0.25, -0.2) is 0 Å². The van der Waals surface area contributed by atoms with Crippen molar-refractivity contribution in [3.63, 3.8) is 0 Å². The molecule has 1 N–H and O–H groups in total. The van der Waals surface area contributed by atoms with Gasteiger partial charge in [-0.1, -0.05) is 18.2 Å². The first-order valence-electron chi connectivity index (χ1n) is 9.77. The van der Waals surface area contributed by atoms with Gasteiger partial charge in [-0.15, -0.1) is 0 Å². The lowest BCUT2D eigenvalue weighted by Crippen LogP contribution is -2.32. The van der Waals surface area contributed by atoms with Crippen LogP contribution < -0.4 is 15.0 Å². The first-order chi connectivity index (χ1) is 13.6. The van der Waals surface area contributed by atoms with Crippen molar-refractivity contribution in [3.05, 3.63) is 53.6 Å². The van der Waals surface area contributed by atoms with E-state index in [0.717, 1.165) is 18.7 Å². The van der Waals surface area contributed by atoms with E-state index in [9.17, 15) is 9.59 Å². The van der Waals surface area contributed by atoms with Crippen LogP contribution in [-0.2, 0) is 11.3 Å². The molecule has 0 atom stereocenters. The quantitative estimate of drug-likeness (QED) is 0.886. The third-order valence-corrected chi connectivity index (χ3v) is 5.30. The van der Waals surface area contributed by atoms with E-state index >= 15 is 0 Å². The molecule has 28 heavy (non-hydrogen) atoms. The van der Waals surface area contributed by atoms with E-state index in [0.29, 0.717) is 23.5 Å². The van der Waals surface area contributed by atoms with E-state index in [1.807, 2.05) is 13.1 Å². The fourth-order valence-electron chi connectivity index (χ4n) is 3.84. The highest BCUT2D eigenvalue weighted by Gasteiger charge is 2.21. The Bertz CT molecular complexity index is 890. The number of benzene rings is 2. The summed E-state index contributed by atoms with van der Waals surface area (Å²) in [5.74, 6) is 0.280. The Kier molecular flexibility index (Phi) is 5.19. The summed E-state index contributed by atoms with van der Waals surface area (Å²) < 4.78 is 5.43. The monoisotopic (exact) mass is 379 g/mol. The van der Waals surface area contributed by atoms with Crippen molar-refractivity contribution in [3.8, 4) is 5.75 Å². The topological polar surface area (TPSA) is 61.9 Å². The van der Waals surface area contributed by atoms with E-state index in [-0.39, 0.29) is 18.4 Å². The predicted octanol–water partition coefficient (Wildman–Crippen LogP) is 3.28. The van der Waals surface area contributed by atoms with Crippen molar-refractivity contribution >= 4 is 23.2 Å². The minimum absolute atomic E-state index is 0.0241. The Morgan fingerprint density at radius 1 is 1.14 bits per heavy atom. The molecule has 2 aliphatic heterocycles. The van der Waals surface area contributed by atoms with Crippen LogP contribution in [0.4, 0.5) is 11.4 Å². The zero-order chi connectivity index (χ0) is 19.5. The molecule has 1 saturated heterocycles. The van der Waals surface area contributed by atoms with Gasteiger partial charge in [0.2, 0.25) is 0 Å². The fourth-order valence-corrected chi connectivity index (χ4v) is 3.84. The summed E-state index contributed by atoms with van der Waals surface area (Å²) in [7, 11) is 1.82. The molecular formula is C22H25N3O3. The molecule has 2 aromatic carbocycles. The van der Waals surface area contributed by atoms with Gasteiger partial charge < -0.3 is 19.9 Å². The number of piperidine rings is 1. The van der Waals surface area contributed by atoms with E-state index in [1.54, 1.807) is 23.1 Å². The Morgan fingerprint density at radius 3 is 2.75 bits per heavy atom. The molecule has 2 amide bonds. The van der Waals surface area contributed by atoms with E-state index in [1.165, 1.54) is 24.9 Å². The first-order valence-corrected chi connectivity index (χ1v) is 9.77. The molecule has 146 valence electrons. The number of rotatable bonds is 4. The number of amides is 2. The summed E-state index contributed by atoms with van der Waals surface area (Å²) in [5, 5.41) is 2.74. The van der Waals surface area contributed by atoms with Crippen molar-refractivity contribution in [1.82, 2.24) is 4.90 Å². The smallest absolute Gasteiger partial charge is 0.262 e. The molecule has 4 rings (SSSR count). The molecule has 0 saturated carbocycles. The predicted molar refractivity (Wildman–Crippen MR) is 109 cm³/mol. The van der Waals surface area contributed by atoms with Crippen molar-refractivity contribution in [1.29, 1.82) is 0 Å². The second kappa shape index (κ2) is 7.92. The van der Waals surface area contributed by atoms with Crippen LogP contribution in [0.2, 0.25) is 0 Å². The summed E-state index contributed by atoms with van der Waals surface area (Å²) in [4.78, 5) is 28.5. The van der Waals surface area contributed by atoms with Crippen molar-refractivity contribution in [2.75, 3.05) is 37.0 Å². The number of nitrogens with zero attached hydrogens (tertiary/aromatic N) is 2. The molecule has 1 fully saturated rings. The van der Waals surface area contributed by atoms with Crippen LogP contribution in [0.1, 0.15) is 35.2 Å². The summed E-state index contributed by atoms with van der Waals surface area (Å²) in [6.07, 6.45) is 3.72. The molecule has 2 aliphatic rings. The third-order valence-electron chi connectivity index (χ3n) is 5.30. The van der Waals surface area contributed by atoms with Crippen molar-refractivity contribution in [2.45, 2.75) is 25.8 Å². The molecule has 0 unspecified atom stereocenters. The number of hydrogen-bond acceptors (Lipinski definition) is 4. The minimum atomic E-state index is -0.182. The summed E-state index contributed by atoms with van der Waals surface area (Å²) in [6, 6.07) is 13.5. The zero-order valence-corrected chi connectivity index (χ0v) is 16.1. The van der Waals surface area contributed by atoms with Gasteiger partial charge in [0.1, 0.15) is 5.75 Å². The Labute approximate surface area is 165 Å². The lowest BCUT2D eigenvalue weighted by Gasteiger charge is -2.31. The lowest BCUT2D eigenvalue weighted by atomic mass is 10.1. The van der Waals surface area contributed by atoms with Crippen LogP contribution in [0.5, 0.6) is 5.75 Å². The molecule has 2 aromatic rings. The third kappa shape index (κ3) is 3.81. The molecule has 0 aliphatic carbocycles. The molecule has 0 bridgehead atoms. The fraction of sp³-hybridized carbons (Fsp3) is 0.364. The van der Waals surface area contributed by atoms with Crippen molar-refractivity contribution in [2.24, 2.45) is 0 Å². The van der Waals surface area contributed by atoms with Gasteiger partial charge in [-0.05, 0) is 49.1 Å². The Balaban J connectivity index is 1.50. The SMILES string of the molecule is CN(Cc1ccccc1N1CCCCC1)C(=O)c1ccc2c(c1)OCC(=O)N2. The molecule has 0 radical (unpaired) electrons. The van der Waals surface area contributed by atoms with Gasteiger partial charge in [0, 0.05) is 37.9 Å². The molecule has 0 aromatic heterocycles. The van der Waals surface area contributed by atoms with E-state index in [4.69, 9.17) is 4.74 Å². The van der Waals surface area contributed by atoms with Gasteiger partial charge in [0.25, 0.3) is 11.8 Å². The standard InChI is InChI=1S/C22H25N3O3/c1-24(14-17-7-3-4-8-19(17)25-11-5-2-6-12-25)22(27)16-9-10-18-20(13-16)28-15-21(26)23-18/h3-4,7-10,13H,2,5-6,11-12,14-15H2,1H3,(H,23,26). The van der Waals surface area contributed by atoms with Gasteiger partial charge in [0.15, 0.2) is 6.61 Å². The summed E-state index contributed by atoms with van der Waals surface area (Å²) in [5.41, 5.74) is 3.53. The van der Waals surface area contributed by atoms with Crippen LogP contribution in [0.3, 0.4) is 0 Å². The lowest BCUT2D eigenvalue weighted by molar-refractivity contribution is -0.118. The van der Waals surface area contributed by atoms with Crippen LogP contribution in [0, 0.1) is 0 Å². The summed E-state index contributed by atoms with van der Waals surface area (Å²) >= 11 is 0. The number of anilines is 2. The highest BCUT2D eigenvalue weighted by Crippen LogP contribution is 2.30. The molecule has 2 heterocycles. The molecule has 6 nitrogen and oxygen atoms in total. The van der Waals surface area contributed by atoms with Crippen LogP contribution >= 0.6 is 0 Å². The maximum atomic E-state index is 13.0. The number of carbonyl (C=O) groups is 2. The minimum Gasteiger partial charge on any atom is -0.482 e. The number of hydrogen-bond donors (Lipinski definition) is 1. The molecule has 6 heteroatoms. The number of nitrogens with one attached hydrogen (secondary N) is 1. The second-order valence-electron chi connectivity index (χ2n) is 7.39. The zero-order valence-electron chi connectivity index (χ0n) is 16.1. The Hall–Kier alpha value is -3.02. The van der Waals surface area contributed by atoms with Gasteiger partial charge in [0.05, 0.1) is 5.69 Å². The average Bonchev–Trinajstić information content (AvgIpc) is 2.74. The van der Waals surface area contributed by atoms with Gasteiger partial charge in [-0.2, -0.15) is 0 Å². The van der Waals surface area contributed by atoms with Crippen LogP contribution in [-0.4, -0.2) is 43.5 Å². The highest BCUT2D eigenvalue weighted by molar-refractivity contribution is 5.99. The Morgan fingerprint density at radius 2 is 1.93 bits per heavy atom. The average molecular weight is 379 g/mol. The summed E-state index contributed by atoms with van der Waals surface area (Å²) in [6.45, 7) is 2.66. The molecule has 0 spiro atoms. The van der Waals surface area contributed by atoms with Gasteiger partial charge in [-0.3, -0.25) is 9.59 Å². The first kappa shape index (κ1) is 18.3. The van der Waals surface area contributed by atoms with E-state index < -0.39 is 0 Å². The number of para-hydroxylation sites is 1. The normalized spacial score (nSPS) is 16.0. The second-order valence-corrected chi connectivity index (χ2v) is 7.39. The van der Waals surface area contributed by atoms with Gasteiger partial charge >= 0.3 is 0 Å². The van der Waals surface area contributed by atoms with Crippen LogP contribution in [0.25, 0.3) is 0 Å². The number of carbonyl (C=O) groups excluding carboxylic acids is 2. The molecular weight excluding hydrogens is 354 g/mol. The van der Waals surface area contributed by atoms with Crippen molar-refractivity contribution < 1.29 is 14.3 Å².